The molecule has 0 saturated heterocycles. The SMILES string of the molecule is CC(c1cc(Cl)n[nH]c1=O)n1cc([N+](=O)[O-])cn1. The first-order chi connectivity index (χ1) is 8.49. The quantitative estimate of drug-likeness (QED) is 0.664. The molecule has 1 unspecified atom stereocenters. The van der Waals surface area contributed by atoms with E-state index in [0.717, 1.165) is 6.20 Å². The van der Waals surface area contributed by atoms with Crippen molar-refractivity contribution >= 4 is 17.3 Å². The second kappa shape index (κ2) is 4.57. The molecule has 0 fully saturated rings. The monoisotopic (exact) mass is 269 g/mol. The normalized spacial score (nSPS) is 12.3. The maximum absolute atomic E-state index is 11.6. The number of aromatic amines is 1. The number of nitrogens with one attached hydrogen (secondary N) is 1. The fourth-order valence-corrected chi connectivity index (χ4v) is 1.64. The highest BCUT2D eigenvalue weighted by Crippen LogP contribution is 2.18. The fraction of sp³-hybridized carbons (Fsp3) is 0.222. The number of H-pyrrole nitrogens is 1. The Morgan fingerprint density at radius 3 is 2.94 bits per heavy atom. The number of halogens is 1. The van der Waals surface area contributed by atoms with Gasteiger partial charge in [-0.25, -0.2) is 5.10 Å². The third-order valence-electron chi connectivity index (χ3n) is 2.45. The van der Waals surface area contributed by atoms with Crippen LogP contribution in [0, 0.1) is 10.1 Å². The predicted octanol–water partition coefficient (Wildman–Crippen LogP) is 1.14. The van der Waals surface area contributed by atoms with E-state index < -0.39 is 16.5 Å². The summed E-state index contributed by atoms with van der Waals surface area (Å²) in [6, 6.07) is 0.918. The maximum Gasteiger partial charge on any atom is 0.307 e. The molecule has 2 heterocycles. The summed E-state index contributed by atoms with van der Waals surface area (Å²) in [4.78, 5) is 21.6. The van der Waals surface area contributed by atoms with E-state index in [2.05, 4.69) is 15.3 Å². The highest BCUT2D eigenvalue weighted by molar-refractivity contribution is 6.29. The van der Waals surface area contributed by atoms with E-state index in [-0.39, 0.29) is 10.8 Å². The number of hydrogen-bond donors (Lipinski definition) is 1. The van der Waals surface area contributed by atoms with Crippen molar-refractivity contribution in [2.45, 2.75) is 13.0 Å². The van der Waals surface area contributed by atoms with Crippen molar-refractivity contribution in [2.75, 3.05) is 0 Å². The van der Waals surface area contributed by atoms with Gasteiger partial charge >= 0.3 is 5.69 Å². The molecule has 0 aromatic carbocycles. The molecule has 0 aliphatic carbocycles. The van der Waals surface area contributed by atoms with Crippen molar-refractivity contribution in [1.82, 2.24) is 20.0 Å². The van der Waals surface area contributed by atoms with Crippen molar-refractivity contribution in [3.63, 3.8) is 0 Å². The lowest BCUT2D eigenvalue weighted by Crippen LogP contribution is -2.20. The highest BCUT2D eigenvalue weighted by Gasteiger charge is 2.17. The van der Waals surface area contributed by atoms with Crippen LogP contribution in [-0.4, -0.2) is 24.9 Å². The van der Waals surface area contributed by atoms with Crippen LogP contribution in [0.15, 0.2) is 23.3 Å². The van der Waals surface area contributed by atoms with Crippen LogP contribution in [0.1, 0.15) is 18.5 Å². The Bertz CT molecular complexity index is 650. The zero-order valence-corrected chi connectivity index (χ0v) is 9.96. The Hall–Kier alpha value is -2.22. The van der Waals surface area contributed by atoms with Crippen LogP contribution in [-0.2, 0) is 0 Å². The standard InChI is InChI=1S/C9H8ClN5O3/c1-5(7-2-8(10)12-13-9(7)16)14-4-6(3-11-14)15(17)18/h2-5H,1H3,(H,13,16). The molecule has 0 bridgehead atoms. The first-order valence-corrected chi connectivity index (χ1v) is 5.30. The Balaban J connectivity index is 2.41. The van der Waals surface area contributed by atoms with Gasteiger partial charge in [0, 0.05) is 5.56 Å². The summed E-state index contributed by atoms with van der Waals surface area (Å²) in [5.41, 5.74) is -0.225. The molecule has 2 aromatic rings. The summed E-state index contributed by atoms with van der Waals surface area (Å²) in [5, 5.41) is 20.3. The molecule has 1 N–H and O–H groups in total. The molecule has 0 radical (unpaired) electrons. The van der Waals surface area contributed by atoms with Gasteiger partial charge in [-0.1, -0.05) is 11.6 Å². The Morgan fingerprint density at radius 1 is 1.61 bits per heavy atom. The van der Waals surface area contributed by atoms with Gasteiger partial charge in [0.15, 0.2) is 0 Å². The second-order valence-corrected chi connectivity index (χ2v) is 3.97. The molecule has 0 aliphatic rings. The van der Waals surface area contributed by atoms with Crippen molar-refractivity contribution in [1.29, 1.82) is 0 Å². The Labute approximate surface area is 105 Å². The van der Waals surface area contributed by atoms with Gasteiger partial charge in [0.2, 0.25) is 0 Å². The van der Waals surface area contributed by atoms with E-state index in [1.807, 2.05) is 0 Å². The summed E-state index contributed by atoms with van der Waals surface area (Å²) < 4.78 is 1.32. The molecule has 9 heteroatoms. The molecule has 18 heavy (non-hydrogen) atoms. The van der Waals surface area contributed by atoms with Crippen LogP contribution >= 0.6 is 11.6 Å². The molecule has 1 atom stereocenters. The molecular weight excluding hydrogens is 262 g/mol. The summed E-state index contributed by atoms with van der Waals surface area (Å²) in [7, 11) is 0. The Kier molecular flexibility index (Phi) is 3.11. The highest BCUT2D eigenvalue weighted by atomic mass is 35.5. The van der Waals surface area contributed by atoms with Gasteiger partial charge in [-0.3, -0.25) is 19.6 Å². The van der Waals surface area contributed by atoms with Gasteiger partial charge in [-0.15, -0.1) is 0 Å². The first kappa shape index (κ1) is 12.2. The van der Waals surface area contributed by atoms with Gasteiger partial charge in [0.1, 0.15) is 17.5 Å². The van der Waals surface area contributed by atoms with Crippen LogP contribution in [0.25, 0.3) is 0 Å². The minimum absolute atomic E-state index is 0.137. The van der Waals surface area contributed by atoms with E-state index in [1.165, 1.54) is 16.9 Å². The number of hydrogen-bond acceptors (Lipinski definition) is 5. The largest absolute Gasteiger partial charge is 0.307 e. The lowest BCUT2D eigenvalue weighted by Gasteiger charge is -2.10. The van der Waals surface area contributed by atoms with Gasteiger partial charge < -0.3 is 0 Å². The number of rotatable bonds is 3. The van der Waals surface area contributed by atoms with E-state index in [0.29, 0.717) is 5.56 Å². The molecule has 2 aromatic heterocycles. The predicted molar refractivity (Wildman–Crippen MR) is 62.6 cm³/mol. The van der Waals surface area contributed by atoms with Crippen molar-refractivity contribution in [2.24, 2.45) is 0 Å². The average molecular weight is 270 g/mol. The van der Waals surface area contributed by atoms with Gasteiger partial charge in [-0.05, 0) is 13.0 Å². The van der Waals surface area contributed by atoms with Crippen LogP contribution < -0.4 is 5.56 Å². The van der Waals surface area contributed by atoms with Crippen LogP contribution in [0.5, 0.6) is 0 Å². The maximum atomic E-state index is 11.6. The van der Waals surface area contributed by atoms with Crippen LogP contribution in [0.2, 0.25) is 5.15 Å². The topological polar surface area (TPSA) is 107 Å². The van der Waals surface area contributed by atoms with E-state index in [1.54, 1.807) is 6.92 Å². The van der Waals surface area contributed by atoms with Gasteiger partial charge in [0.25, 0.3) is 5.56 Å². The third kappa shape index (κ3) is 2.23. The van der Waals surface area contributed by atoms with E-state index in [9.17, 15) is 14.9 Å². The lowest BCUT2D eigenvalue weighted by atomic mass is 10.1. The molecule has 8 nitrogen and oxygen atoms in total. The number of aromatic nitrogens is 4. The number of nitrogens with zero attached hydrogens (tertiary/aromatic N) is 4. The van der Waals surface area contributed by atoms with E-state index >= 15 is 0 Å². The zero-order chi connectivity index (χ0) is 13.3. The summed E-state index contributed by atoms with van der Waals surface area (Å²) in [6.45, 7) is 1.68. The Morgan fingerprint density at radius 2 is 2.33 bits per heavy atom. The zero-order valence-electron chi connectivity index (χ0n) is 9.20. The van der Waals surface area contributed by atoms with Crippen molar-refractivity contribution in [3.05, 3.63) is 49.6 Å². The van der Waals surface area contributed by atoms with Gasteiger partial charge in [0.05, 0.1) is 11.0 Å². The minimum Gasteiger partial charge on any atom is -0.268 e. The molecule has 0 spiro atoms. The minimum atomic E-state index is -0.556. The molecule has 0 amide bonds. The molecule has 0 aliphatic heterocycles. The van der Waals surface area contributed by atoms with Gasteiger partial charge in [-0.2, -0.15) is 10.2 Å². The second-order valence-electron chi connectivity index (χ2n) is 3.59. The fourth-order valence-electron chi connectivity index (χ4n) is 1.48. The summed E-state index contributed by atoms with van der Waals surface area (Å²) in [6.07, 6.45) is 2.37. The van der Waals surface area contributed by atoms with Crippen molar-refractivity contribution < 1.29 is 4.92 Å². The third-order valence-corrected chi connectivity index (χ3v) is 2.64. The average Bonchev–Trinajstić information content (AvgIpc) is 2.81. The molecule has 2 rings (SSSR count). The van der Waals surface area contributed by atoms with Crippen LogP contribution in [0.4, 0.5) is 5.69 Å². The first-order valence-electron chi connectivity index (χ1n) is 4.92. The van der Waals surface area contributed by atoms with Crippen molar-refractivity contribution in [3.8, 4) is 0 Å². The summed E-state index contributed by atoms with van der Waals surface area (Å²) in [5.74, 6) is 0. The lowest BCUT2D eigenvalue weighted by molar-refractivity contribution is -0.385. The van der Waals surface area contributed by atoms with E-state index in [4.69, 9.17) is 11.6 Å². The molecular formula is C9H8ClN5O3. The molecule has 0 saturated carbocycles. The molecule has 94 valence electrons. The summed E-state index contributed by atoms with van der Waals surface area (Å²) >= 11 is 5.68. The smallest absolute Gasteiger partial charge is 0.268 e. The van der Waals surface area contributed by atoms with Crippen LogP contribution in [0.3, 0.4) is 0 Å². The number of nitro groups is 1.